The molecular formula is C21H15FN4O. The molecular weight excluding hydrogens is 343 g/mol. The van der Waals surface area contributed by atoms with Gasteiger partial charge in [0.25, 0.3) is 0 Å². The van der Waals surface area contributed by atoms with Gasteiger partial charge < -0.3 is 5.73 Å². The van der Waals surface area contributed by atoms with Crippen molar-refractivity contribution in [2.45, 2.75) is 6.92 Å². The summed E-state index contributed by atoms with van der Waals surface area (Å²) in [5, 5.41) is 0. The van der Waals surface area contributed by atoms with E-state index in [1.54, 1.807) is 37.5 Å². The minimum absolute atomic E-state index is 0.282. The van der Waals surface area contributed by atoms with Crippen LogP contribution in [0.4, 0.5) is 4.39 Å². The molecule has 2 aromatic heterocycles. The number of aryl methyl sites for hydroxylation is 1. The van der Waals surface area contributed by atoms with E-state index in [9.17, 15) is 9.18 Å². The summed E-state index contributed by atoms with van der Waals surface area (Å²) < 4.78 is 13.7. The van der Waals surface area contributed by atoms with Crippen LogP contribution in [-0.2, 0) is 0 Å². The average molecular weight is 358 g/mol. The van der Waals surface area contributed by atoms with Crippen LogP contribution < -0.4 is 5.73 Å². The maximum atomic E-state index is 13.7. The SMILES string of the molecule is Cc1cc(-c2ncc(C(N)=O)cc2-c2ccc3nccnc3c2)ccc1F. The summed E-state index contributed by atoms with van der Waals surface area (Å²) in [6, 6.07) is 12.1. The molecule has 4 aromatic rings. The van der Waals surface area contributed by atoms with Crippen molar-refractivity contribution in [1.29, 1.82) is 0 Å². The van der Waals surface area contributed by atoms with Gasteiger partial charge in [-0.2, -0.15) is 0 Å². The molecule has 0 spiro atoms. The van der Waals surface area contributed by atoms with Crippen LogP contribution in [0, 0.1) is 12.7 Å². The van der Waals surface area contributed by atoms with Gasteiger partial charge in [-0.3, -0.25) is 19.7 Å². The zero-order chi connectivity index (χ0) is 19.0. The van der Waals surface area contributed by atoms with E-state index < -0.39 is 5.91 Å². The highest BCUT2D eigenvalue weighted by atomic mass is 19.1. The van der Waals surface area contributed by atoms with Crippen molar-refractivity contribution < 1.29 is 9.18 Å². The van der Waals surface area contributed by atoms with E-state index in [-0.39, 0.29) is 5.82 Å². The lowest BCUT2D eigenvalue weighted by Gasteiger charge is -2.12. The van der Waals surface area contributed by atoms with Crippen LogP contribution in [-0.4, -0.2) is 20.9 Å². The summed E-state index contributed by atoms with van der Waals surface area (Å²) in [6.45, 7) is 1.70. The quantitative estimate of drug-likeness (QED) is 0.602. The Kier molecular flexibility index (Phi) is 4.08. The van der Waals surface area contributed by atoms with Crippen LogP contribution in [0.15, 0.2) is 61.1 Å². The summed E-state index contributed by atoms with van der Waals surface area (Å²) in [5.74, 6) is -0.846. The maximum absolute atomic E-state index is 13.7. The molecule has 6 heteroatoms. The number of halogens is 1. The molecule has 0 aliphatic carbocycles. The summed E-state index contributed by atoms with van der Waals surface area (Å²) >= 11 is 0. The molecule has 0 atom stereocenters. The first-order chi connectivity index (χ1) is 13.0. The number of carbonyl (C=O) groups excluding carboxylic acids is 1. The second-order valence-electron chi connectivity index (χ2n) is 6.21. The Bertz CT molecular complexity index is 1190. The molecule has 4 rings (SSSR count). The molecule has 132 valence electrons. The first-order valence-corrected chi connectivity index (χ1v) is 8.30. The number of hydrogen-bond donors (Lipinski definition) is 1. The number of hydrogen-bond acceptors (Lipinski definition) is 4. The summed E-state index contributed by atoms with van der Waals surface area (Å²) in [5.41, 5.74) is 10.6. The van der Waals surface area contributed by atoms with Crippen molar-refractivity contribution >= 4 is 16.9 Å². The maximum Gasteiger partial charge on any atom is 0.250 e. The third kappa shape index (κ3) is 3.13. The van der Waals surface area contributed by atoms with Crippen molar-refractivity contribution in [3.63, 3.8) is 0 Å². The van der Waals surface area contributed by atoms with Crippen LogP contribution in [0.1, 0.15) is 15.9 Å². The fourth-order valence-corrected chi connectivity index (χ4v) is 2.97. The van der Waals surface area contributed by atoms with Gasteiger partial charge in [0.05, 0.1) is 22.3 Å². The zero-order valence-electron chi connectivity index (χ0n) is 14.5. The molecule has 0 saturated carbocycles. The van der Waals surface area contributed by atoms with E-state index in [4.69, 9.17) is 5.73 Å². The van der Waals surface area contributed by atoms with E-state index in [0.29, 0.717) is 22.4 Å². The monoisotopic (exact) mass is 358 g/mol. The van der Waals surface area contributed by atoms with Crippen molar-refractivity contribution in [3.8, 4) is 22.4 Å². The van der Waals surface area contributed by atoms with E-state index >= 15 is 0 Å². The van der Waals surface area contributed by atoms with Crippen LogP contribution >= 0.6 is 0 Å². The van der Waals surface area contributed by atoms with Crippen LogP contribution in [0.5, 0.6) is 0 Å². The van der Waals surface area contributed by atoms with Gasteiger partial charge in [0, 0.05) is 29.7 Å². The van der Waals surface area contributed by atoms with Gasteiger partial charge in [-0.25, -0.2) is 4.39 Å². The number of benzene rings is 2. The van der Waals surface area contributed by atoms with E-state index in [1.165, 1.54) is 12.3 Å². The molecule has 5 nitrogen and oxygen atoms in total. The van der Waals surface area contributed by atoms with Crippen molar-refractivity contribution in [1.82, 2.24) is 15.0 Å². The van der Waals surface area contributed by atoms with Crippen molar-refractivity contribution in [3.05, 3.63) is 78.0 Å². The molecule has 2 aromatic carbocycles. The fourth-order valence-electron chi connectivity index (χ4n) is 2.97. The Morgan fingerprint density at radius 2 is 1.67 bits per heavy atom. The molecule has 1 amide bonds. The summed E-state index contributed by atoms with van der Waals surface area (Å²) in [4.78, 5) is 24.7. The number of aromatic nitrogens is 3. The minimum atomic E-state index is -0.564. The predicted octanol–water partition coefficient (Wildman–Crippen LogP) is 3.91. The number of pyridine rings is 1. The Labute approximate surface area is 154 Å². The molecule has 0 unspecified atom stereocenters. The third-order valence-electron chi connectivity index (χ3n) is 4.38. The highest BCUT2D eigenvalue weighted by Gasteiger charge is 2.14. The van der Waals surface area contributed by atoms with Crippen molar-refractivity contribution in [2.24, 2.45) is 5.73 Å². The van der Waals surface area contributed by atoms with E-state index in [0.717, 1.165) is 22.2 Å². The lowest BCUT2D eigenvalue weighted by atomic mass is 9.96. The number of fused-ring (bicyclic) bond motifs is 1. The Balaban J connectivity index is 1.96. The van der Waals surface area contributed by atoms with Gasteiger partial charge in [0.2, 0.25) is 5.91 Å². The molecule has 0 fully saturated rings. The lowest BCUT2D eigenvalue weighted by molar-refractivity contribution is 0.1000. The van der Waals surface area contributed by atoms with Gasteiger partial charge in [0.15, 0.2) is 0 Å². The highest BCUT2D eigenvalue weighted by Crippen LogP contribution is 2.33. The Hall–Kier alpha value is -3.67. The third-order valence-corrected chi connectivity index (χ3v) is 4.38. The molecule has 2 N–H and O–H groups in total. The molecule has 27 heavy (non-hydrogen) atoms. The number of nitrogens with zero attached hydrogens (tertiary/aromatic N) is 3. The first kappa shape index (κ1) is 16.8. The Morgan fingerprint density at radius 3 is 2.41 bits per heavy atom. The Morgan fingerprint density at radius 1 is 0.926 bits per heavy atom. The highest BCUT2D eigenvalue weighted by molar-refractivity contribution is 5.96. The van der Waals surface area contributed by atoms with Crippen molar-refractivity contribution in [2.75, 3.05) is 0 Å². The number of carbonyl (C=O) groups is 1. The second-order valence-corrected chi connectivity index (χ2v) is 6.21. The molecule has 2 heterocycles. The molecule has 0 aliphatic rings. The molecule has 0 bridgehead atoms. The van der Waals surface area contributed by atoms with Gasteiger partial charge in [-0.1, -0.05) is 6.07 Å². The van der Waals surface area contributed by atoms with Crippen LogP contribution in [0.2, 0.25) is 0 Å². The van der Waals surface area contributed by atoms with Gasteiger partial charge in [-0.15, -0.1) is 0 Å². The lowest BCUT2D eigenvalue weighted by Crippen LogP contribution is -2.11. The average Bonchev–Trinajstić information content (AvgIpc) is 2.69. The van der Waals surface area contributed by atoms with Gasteiger partial charge in [0.1, 0.15) is 5.82 Å². The number of nitrogens with two attached hydrogens (primary N) is 1. The van der Waals surface area contributed by atoms with Gasteiger partial charge in [-0.05, 0) is 54.4 Å². The smallest absolute Gasteiger partial charge is 0.250 e. The van der Waals surface area contributed by atoms with E-state index in [1.807, 2.05) is 18.2 Å². The summed E-state index contributed by atoms with van der Waals surface area (Å²) in [7, 11) is 0. The molecule has 0 aliphatic heterocycles. The first-order valence-electron chi connectivity index (χ1n) is 8.30. The van der Waals surface area contributed by atoms with Crippen LogP contribution in [0.3, 0.4) is 0 Å². The number of rotatable bonds is 3. The molecule has 0 radical (unpaired) electrons. The standard InChI is InChI=1S/C21H15FN4O/c1-12-8-14(2-4-17(12)22)20-16(9-15(11-26-20)21(23)27)13-3-5-18-19(10-13)25-7-6-24-18/h2-11H,1H3,(H2,23,27). The summed E-state index contributed by atoms with van der Waals surface area (Å²) in [6.07, 6.45) is 4.68. The number of amides is 1. The second kappa shape index (κ2) is 6.57. The fraction of sp³-hybridized carbons (Fsp3) is 0.0476. The minimum Gasteiger partial charge on any atom is -0.366 e. The van der Waals surface area contributed by atoms with Gasteiger partial charge >= 0.3 is 0 Å². The largest absolute Gasteiger partial charge is 0.366 e. The number of primary amides is 1. The normalized spacial score (nSPS) is 10.9. The molecule has 0 saturated heterocycles. The van der Waals surface area contributed by atoms with E-state index in [2.05, 4.69) is 15.0 Å². The van der Waals surface area contributed by atoms with Crippen LogP contribution in [0.25, 0.3) is 33.4 Å². The topological polar surface area (TPSA) is 81.8 Å². The zero-order valence-corrected chi connectivity index (χ0v) is 14.5. The predicted molar refractivity (Wildman–Crippen MR) is 101 cm³/mol.